The van der Waals surface area contributed by atoms with Crippen molar-refractivity contribution in [2.75, 3.05) is 19.8 Å². The molecular formula is C44H74NO11P. The molecule has 0 aromatic rings. The van der Waals surface area contributed by atoms with Crippen molar-refractivity contribution in [3.05, 3.63) is 60.8 Å². The van der Waals surface area contributed by atoms with Crippen molar-refractivity contribution < 1.29 is 52.3 Å². The number of rotatable bonds is 39. The van der Waals surface area contributed by atoms with E-state index in [-0.39, 0.29) is 25.2 Å². The summed E-state index contributed by atoms with van der Waals surface area (Å²) in [5.41, 5.74) is 5.32. The average molecular weight is 824 g/mol. The molecule has 0 amide bonds. The number of carbonyl (C=O) groups is 4. The second-order valence-corrected chi connectivity index (χ2v) is 15.6. The Hall–Kier alpha value is -3.15. The van der Waals surface area contributed by atoms with Gasteiger partial charge in [0.05, 0.1) is 13.2 Å². The lowest BCUT2D eigenvalue weighted by atomic mass is 10.1. The number of hydrogen-bond donors (Lipinski definition) is 3. The monoisotopic (exact) mass is 823 g/mol. The number of hydrogen-bond acceptors (Lipinski definition) is 10. The quantitative estimate of drug-likeness (QED) is 0.0133. The van der Waals surface area contributed by atoms with Crippen LogP contribution < -0.4 is 5.73 Å². The fraction of sp³-hybridized carbons (Fsp3) is 0.682. The molecule has 0 aromatic carbocycles. The maximum absolute atomic E-state index is 12.6. The van der Waals surface area contributed by atoms with E-state index >= 15 is 0 Å². The van der Waals surface area contributed by atoms with E-state index in [0.29, 0.717) is 25.7 Å². The molecule has 326 valence electrons. The maximum Gasteiger partial charge on any atom is 0.472 e. The fourth-order valence-electron chi connectivity index (χ4n) is 5.30. The van der Waals surface area contributed by atoms with Gasteiger partial charge >= 0.3 is 25.7 Å². The van der Waals surface area contributed by atoms with E-state index in [4.69, 9.17) is 24.8 Å². The standard InChI is InChI=1S/C44H74NO11P/c1-3-5-7-8-9-10-11-12-13-14-17-20-23-26-30-34-42(47)53-36-40(37-54-57(51,52)55-38-41(45)44(49)50)56-43(48)35-31-27-24-21-18-15-16-19-22-25-29-33-39(46)32-28-6-4-2/h10-11,15-16,21-22,24-25,29,33,40-41H,3-9,12-14,17-20,23,26-28,30-32,34-38,45H2,1-2H3,(H,49,50)(H,51,52)/b11-10-,16-15-,24-21-,25-22-,33-29+/t40-,41+/m1/s1. The zero-order valence-corrected chi connectivity index (χ0v) is 35.8. The van der Waals surface area contributed by atoms with Crippen molar-refractivity contribution in [3.8, 4) is 0 Å². The molecular weight excluding hydrogens is 749 g/mol. The third-order valence-electron chi connectivity index (χ3n) is 8.71. The summed E-state index contributed by atoms with van der Waals surface area (Å²) >= 11 is 0. The van der Waals surface area contributed by atoms with Crippen LogP contribution in [0.25, 0.3) is 0 Å². The molecule has 0 heterocycles. The van der Waals surface area contributed by atoms with Crippen LogP contribution in [-0.4, -0.2) is 65.7 Å². The van der Waals surface area contributed by atoms with Crippen molar-refractivity contribution >= 4 is 31.5 Å². The van der Waals surface area contributed by atoms with Gasteiger partial charge in [0.15, 0.2) is 11.9 Å². The Morgan fingerprint density at radius 1 is 0.596 bits per heavy atom. The number of aliphatic carboxylic acids is 1. The van der Waals surface area contributed by atoms with Crippen LogP contribution in [0, 0.1) is 0 Å². The number of nitrogens with two attached hydrogens (primary N) is 1. The summed E-state index contributed by atoms with van der Waals surface area (Å²) in [4.78, 5) is 57.6. The van der Waals surface area contributed by atoms with Gasteiger partial charge in [0, 0.05) is 19.3 Å². The molecule has 12 nitrogen and oxygen atoms in total. The van der Waals surface area contributed by atoms with Crippen LogP contribution in [0.15, 0.2) is 60.8 Å². The molecule has 4 N–H and O–H groups in total. The number of ketones is 1. The number of carbonyl (C=O) groups excluding carboxylic acids is 3. The molecule has 0 fully saturated rings. The van der Waals surface area contributed by atoms with Crippen molar-refractivity contribution in [2.45, 2.75) is 174 Å². The number of carboxylic acid groups (broad SMARTS) is 1. The molecule has 0 bridgehead atoms. The number of esters is 2. The molecule has 13 heteroatoms. The van der Waals surface area contributed by atoms with E-state index < -0.39 is 51.1 Å². The van der Waals surface area contributed by atoms with E-state index in [2.05, 4.69) is 30.5 Å². The predicted octanol–water partition coefficient (Wildman–Crippen LogP) is 10.3. The SMILES string of the molecule is CCCCCC/C=C\CCCCCCCCCC(=O)OC[C@H](COP(=O)(O)OC[C@H](N)C(=O)O)OC(=O)CCC/C=C\C/C=C\C/C=C\C=C\C(=O)CCCCC. The molecule has 0 radical (unpaired) electrons. The zero-order chi connectivity index (χ0) is 42.2. The van der Waals surface area contributed by atoms with Gasteiger partial charge in [-0.1, -0.05) is 133 Å². The first-order valence-electron chi connectivity index (χ1n) is 21.3. The predicted molar refractivity (Wildman–Crippen MR) is 226 cm³/mol. The van der Waals surface area contributed by atoms with Gasteiger partial charge in [-0.25, -0.2) is 4.57 Å². The normalized spacial score (nSPS) is 14.2. The maximum atomic E-state index is 12.6. The van der Waals surface area contributed by atoms with Crippen LogP contribution in [0.2, 0.25) is 0 Å². The van der Waals surface area contributed by atoms with Gasteiger partial charge in [-0.3, -0.25) is 28.2 Å². The van der Waals surface area contributed by atoms with Gasteiger partial charge < -0.3 is 25.2 Å². The summed E-state index contributed by atoms with van der Waals surface area (Å²) in [6.45, 7) is 2.54. The first kappa shape index (κ1) is 53.9. The van der Waals surface area contributed by atoms with Crippen molar-refractivity contribution in [1.82, 2.24) is 0 Å². The average Bonchev–Trinajstić information content (AvgIpc) is 3.18. The van der Waals surface area contributed by atoms with E-state index in [1.54, 1.807) is 12.2 Å². The molecule has 0 aliphatic rings. The largest absolute Gasteiger partial charge is 0.480 e. The molecule has 0 aliphatic carbocycles. The molecule has 0 aromatic heterocycles. The van der Waals surface area contributed by atoms with Crippen LogP contribution >= 0.6 is 7.82 Å². The lowest BCUT2D eigenvalue weighted by Crippen LogP contribution is -2.34. The van der Waals surface area contributed by atoms with Crippen molar-refractivity contribution in [2.24, 2.45) is 5.73 Å². The van der Waals surface area contributed by atoms with E-state index in [0.717, 1.165) is 64.2 Å². The van der Waals surface area contributed by atoms with Crippen LogP contribution in [0.3, 0.4) is 0 Å². The van der Waals surface area contributed by atoms with E-state index in [9.17, 15) is 28.6 Å². The van der Waals surface area contributed by atoms with Crippen molar-refractivity contribution in [3.63, 3.8) is 0 Å². The molecule has 0 saturated carbocycles. The number of phosphoric acid groups is 1. The summed E-state index contributed by atoms with van der Waals surface area (Å²) in [5.74, 6) is -2.36. The van der Waals surface area contributed by atoms with Gasteiger partial charge in [-0.05, 0) is 70.3 Å². The lowest BCUT2D eigenvalue weighted by Gasteiger charge is -2.20. The van der Waals surface area contributed by atoms with Crippen LogP contribution in [0.1, 0.15) is 162 Å². The highest BCUT2D eigenvalue weighted by Gasteiger charge is 2.28. The minimum Gasteiger partial charge on any atom is -0.480 e. The minimum atomic E-state index is -4.75. The van der Waals surface area contributed by atoms with Gasteiger partial charge in [-0.2, -0.15) is 0 Å². The topological polar surface area (TPSA) is 189 Å². The summed E-state index contributed by atoms with van der Waals surface area (Å²) in [6, 6.07) is -1.54. The fourth-order valence-corrected chi connectivity index (χ4v) is 6.08. The van der Waals surface area contributed by atoms with Gasteiger partial charge in [0.2, 0.25) is 0 Å². The third kappa shape index (κ3) is 38.2. The number of unbranched alkanes of at least 4 members (excludes halogenated alkanes) is 14. The molecule has 0 spiro atoms. The Morgan fingerprint density at radius 3 is 1.77 bits per heavy atom. The molecule has 3 atom stereocenters. The Morgan fingerprint density at radius 2 is 1.11 bits per heavy atom. The second-order valence-electron chi connectivity index (χ2n) is 14.2. The lowest BCUT2D eigenvalue weighted by molar-refractivity contribution is -0.161. The van der Waals surface area contributed by atoms with Gasteiger partial charge in [-0.15, -0.1) is 0 Å². The van der Waals surface area contributed by atoms with E-state index in [1.807, 2.05) is 36.5 Å². The highest BCUT2D eigenvalue weighted by atomic mass is 31.2. The summed E-state index contributed by atoms with van der Waals surface area (Å²) in [6.07, 6.45) is 39.9. The molecule has 0 rings (SSSR count). The number of ether oxygens (including phenoxy) is 2. The number of phosphoric ester groups is 1. The Labute approximate surface area is 343 Å². The summed E-state index contributed by atoms with van der Waals surface area (Å²) in [5, 5.41) is 8.88. The number of allylic oxidation sites excluding steroid dienone is 10. The van der Waals surface area contributed by atoms with Crippen molar-refractivity contribution in [1.29, 1.82) is 0 Å². The van der Waals surface area contributed by atoms with Gasteiger partial charge in [0.1, 0.15) is 12.6 Å². The molecule has 1 unspecified atom stereocenters. The van der Waals surface area contributed by atoms with E-state index in [1.165, 1.54) is 44.9 Å². The Kier molecular flexibility index (Phi) is 36.3. The van der Waals surface area contributed by atoms with Crippen LogP contribution in [0.5, 0.6) is 0 Å². The van der Waals surface area contributed by atoms with Gasteiger partial charge in [0.25, 0.3) is 0 Å². The zero-order valence-electron chi connectivity index (χ0n) is 34.9. The molecule has 0 saturated heterocycles. The second kappa shape index (κ2) is 38.4. The first-order chi connectivity index (χ1) is 27.5. The van der Waals surface area contributed by atoms with Crippen LogP contribution in [0.4, 0.5) is 0 Å². The first-order valence-corrected chi connectivity index (χ1v) is 22.8. The molecule has 57 heavy (non-hydrogen) atoms. The summed E-state index contributed by atoms with van der Waals surface area (Å²) < 4.78 is 32.6. The molecule has 0 aliphatic heterocycles. The Bertz CT molecular complexity index is 1260. The number of carboxylic acids is 1. The highest BCUT2D eigenvalue weighted by Crippen LogP contribution is 2.43. The minimum absolute atomic E-state index is 0.0562. The Balaban J connectivity index is 4.54. The third-order valence-corrected chi connectivity index (χ3v) is 9.67. The smallest absolute Gasteiger partial charge is 0.472 e. The highest BCUT2D eigenvalue weighted by molar-refractivity contribution is 7.47. The summed E-state index contributed by atoms with van der Waals surface area (Å²) in [7, 11) is -4.75. The van der Waals surface area contributed by atoms with Crippen LogP contribution in [-0.2, 0) is 42.3 Å².